The van der Waals surface area contributed by atoms with Gasteiger partial charge in [-0.05, 0) is 30.2 Å². The van der Waals surface area contributed by atoms with Crippen LogP contribution < -0.4 is 0 Å². The average molecular weight is 330 g/mol. The summed E-state index contributed by atoms with van der Waals surface area (Å²) in [5.74, 6) is 0. The molecule has 0 aliphatic carbocycles. The number of hydrogen-bond donors (Lipinski definition) is 2. The van der Waals surface area contributed by atoms with Crippen LogP contribution in [0, 0.1) is 0 Å². The summed E-state index contributed by atoms with van der Waals surface area (Å²) in [5.41, 5.74) is -3.14. The molecule has 2 N–H and O–H groups in total. The molecule has 0 saturated carbocycles. The number of nitrogens with one attached hydrogen (secondary N) is 1. The molecule has 0 unspecified atom stereocenters. The van der Waals surface area contributed by atoms with Crippen molar-refractivity contribution in [3.05, 3.63) is 35.0 Å². The van der Waals surface area contributed by atoms with Gasteiger partial charge in [0.1, 0.15) is 0 Å². The van der Waals surface area contributed by atoms with E-state index in [1.54, 1.807) is 0 Å². The number of fused-ring (bicyclic) bond motifs is 1. The maximum absolute atomic E-state index is 10.7. The first-order valence-electron chi connectivity index (χ1n) is 5.35. The molecule has 1 aromatic carbocycles. The van der Waals surface area contributed by atoms with Crippen molar-refractivity contribution in [2.45, 2.75) is 18.9 Å². The van der Waals surface area contributed by atoms with Crippen LogP contribution >= 0.6 is 11.6 Å². The number of aryl methyl sites for hydroxylation is 1. The Kier molecular flexibility index (Phi) is 5.06. The Morgan fingerprint density at radius 2 is 1.90 bits per heavy atom. The molecular weight excluding hydrogens is 319 g/mol. The molecule has 0 spiro atoms. The van der Waals surface area contributed by atoms with E-state index in [0.717, 1.165) is 22.3 Å². The van der Waals surface area contributed by atoms with Crippen LogP contribution in [0.2, 0.25) is 5.02 Å². The minimum Gasteiger partial charge on any atom is -0.361 e. The van der Waals surface area contributed by atoms with Crippen LogP contribution in [0.1, 0.15) is 12.5 Å². The quantitative estimate of drug-likeness (QED) is 0.618. The Balaban J connectivity index is 0.000000221. The second-order valence-corrected chi connectivity index (χ2v) is 5.61. The van der Waals surface area contributed by atoms with E-state index in [4.69, 9.17) is 24.6 Å². The lowest BCUT2D eigenvalue weighted by Crippen LogP contribution is -2.21. The lowest BCUT2D eigenvalue weighted by molar-refractivity contribution is -0.0510. The summed E-state index contributed by atoms with van der Waals surface area (Å²) in [7, 11) is -5.84. The lowest BCUT2D eigenvalue weighted by Gasteiger charge is -1.98. The van der Waals surface area contributed by atoms with Crippen LogP contribution in [-0.4, -0.2) is 23.5 Å². The van der Waals surface area contributed by atoms with Gasteiger partial charge in [-0.25, -0.2) is 0 Å². The molecule has 0 saturated heterocycles. The van der Waals surface area contributed by atoms with E-state index in [-0.39, 0.29) is 0 Å². The Bertz CT molecular complexity index is 694. The molecule has 0 radical (unpaired) electrons. The summed E-state index contributed by atoms with van der Waals surface area (Å²) in [4.78, 5) is 3.15. The smallest absolute Gasteiger partial charge is 0.361 e. The Labute approximate surface area is 118 Å². The lowest BCUT2D eigenvalue weighted by atomic mass is 10.1. The molecule has 0 amide bonds. The van der Waals surface area contributed by atoms with Crippen LogP contribution in [0.5, 0.6) is 0 Å². The van der Waals surface area contributed by atoms with Gasteiger partial charge in [0.25, 0.3) is 0 Å². The standard InChI is InChI=1S/C10H10ClN.CHF3O3S/c1-2-7-5-9(11)8-3-4-12-10(8)6-7;2-1(3,4)8(5,6)7/h3-6,12H,2H2,1H3;(H,5,6,7). The number of hydrogen-bond acceptors (Lipinski definition) is 2. The summed E-state index contributed by atoms with van der Waals surface area (Å²) >= 11 is 6.06. The highest BCUT2D eigenvalue weighted by molar-refractivity contribution is 7.86. The van der Waals surface area contributed by atoms with Gasteiger partial charge < -0.3 is 4.98 Å². The van der Waals surface area contributed by atoms with Crippen LogP contribution in [-0.2, 0) is 16.5 Å². The monoisotopic (exact) mass is 329 g/mol. The highest BCUT2D eigenvalue weighted by Gasteiger charge is 2.44. The summed E-state index contributed by atoms with van der Waals surface area (Å²) in [5, 5.41) is 1.94. The number of aromatic nitrogens is 1. The van der Waals surface area contributed by atoms with Crippen molar-refractivity contribution in [3.63, 3.8) is 0 Å². The van der Waals surface area contributed by atoms with Gasteiger partial charge in [0, 0.05) is 17.1 Å². The van der Waals surface area contributed by atoms with Gasteiger partial charge in [0.15, 0.2) is 0 Å². The fourth-order valence-corrected chi connectivity index (χ4v) is 1.69. The summed E-state index contributed by atoms with van der Waals surface area (Å²) in [6.45, 7) is 2.13. The van der Waals surface area contributed by atoms with E-state index in [2.05, 4.69) is 18.0 Å². The van der Waals surface area contributed by atoms with Crippen molar-refractivity contribution in [1.82, 2.24) is 4.98 Å². The molecule has 0 aliphatic rings. The van der Waals surface area contributed by atoms with Gasteiger partial charge in [0.05, 0.1) is 5.02 Å². The van der Waals surface area contributed by atoms with Crippen LogP contribution in [0.4, 0.5) is 13.2 Å². The first-order valence-corrected chi connectivity index (χ1v) is 7.17. The minimum atomic E-state index is -5.84. The topological polar surface area (TPSA) is 70.2 Å². The largest absolute Gasteiger partial charge is 0.522 e. The third-order valence-corrected chi connectivity index (χ3v) is 3.28. The first-order chi connectivity index (χ1) is 9.06. The Morgan fingerprint density at radius 1 is 1.35 bits per heavy atom. The zero-order valence-corrected chi connectivity index (χ0v) is 11.8. The number of alkyl halides is 3. The van der Waals surface area contributed by atoms with Crippen molar-refractivity contribution >= 4 is 32.6 Å². The van der Waals surface area contributed by atoms with E-state index in [9.17, 15) is 13.2 Å². The first kappa shape index (κ1) is 16.8. The van der Waals surface area contributed by atoms with Crippen molar-refractivity contribution < 1.29 is 26.1 Å². The molecule has 20 heavy (non-hydrogen) atoms. The SMILES string of the molecule is CCc1cc(Cl)c2cc[nH]c2c1.O=S(=O)(O)C(F)(F)F. The van der Waals surface area contributed by atoms with E-state index in [1.807, 2.05) is 18.3 Å². The number of halogens is 4. The highest BCUT2D eigenvalue weighted by Crippen LogP contribution is 2.24. The molecule has 0 fully saturated rings. The van der Waals surface area contributed by atoms with E-state index in [1.165, 1.54) is 5.56 Å². The van der Waals surface area contributed by atoms with Gasteiger partial charge in [-0.3, -0.25) is 4.55 Å². The zero-order chi connectivity index (χ0) is 15.6. The summed E-state index contributed by atoms with van der Waals surface area (Å²) in [6, 6.07) is 6.16. The summed E-state index contributed by atoms with van der Waals surface area (Å²) in [6.07, 6.45) is 2.94. The van der Waals surface area contributed by atoms with Crippen molar-refractivity contribution in [2.24, 2.45) is 0 Å². The Hall–Kier alpha value is -1.25. The molecule has 2 rings (SSSR count). The second-order valence-electron chi connectivity index (χ2n) is 3.79. The van der Waals surface area contributed by atoms with Crippen LogP contribution in [0.15, 0.2) is 24.4 Å². The van der Waals surface area contributed by atoms with Crippen molar-refractivity contribution in [3.8, 4) is 0 Å². The number of benzene rings is 1. The second kappa shape index (κ2) is 6.02. The Morgan fingerprint density at radius 3 is 2.35 bits per heavy atom. The maximum Gasteiger partial charge on any atom is 0.522 e. The van der Waals surface area contributed by atoms with Gasteiger partial charge in [-0.2, -0.15) is 21.6 Å². The summed E-state index contributed by atoms with van der Waals surface area (Å²) < 4.78 is 57.5. The molecule has 2 aromatic rings. The van der Waals surface area contributed by atoms with E-state index < -0.39 is 15.6 Å². The molecule has 0 bridgehead atoms. The molecular formula is C11H11ClF3NO3S. The van der Waals surface area contributed by atoms with E-state index in [0.29, 0.717) is 0 Å². The molecule has 0 aliphatic heterocycles. The van der Waals surface area contributed by atoms with Crippen LogP contribution in [0.25, 0.3) is 10.9 Å². The molecule has 0 atom stereocenters. The third-order valence-electron chi connectivity index (χ3n) is 2.38. The number of aromatic amines is 1. The molecule has 1 heterocycles. The van der Waals surface area contributed by atoms with Crippen molar-refractivity contribution in [1.29, 1.82) is 0 Å². The predicted molar refractivity (Wildman–Crippen MR) is 70.3 cm³/mol. The average Bonchev–Trinajstić information content (AvgIpc) is 2.75. The van der Waals surface area contributed by atoms with Crippen molar-refractivity contribution in [2.75, 3.05) is 0 Å². The molecule has 9 heteroatoms. The molecule has 4 nitrogen and oxygen atoms in total. The predicted octanol–water partition coefficient (Wildman–Crippen LogP) is 3.78. The maximum atomic E-state index is 10.7. The fourth-order valence-electron chi connectivity index (χ4n) is 1.38. The molecule has 112 valence electrons. The van der Waals surface area contributed by atoms with Gasteiger partial charge >= 0.3 is 15.6 Å². The van der Waals surface area contributed by atoms with Gasteiger partial charge in [-0.15, -0.1) is 0 Å². The minimum absolute atomic E-state index is 0.839. The zero-order valence-electron chi connectivity index (χ0n) is 10.2. The van der Waals surface area contributed by atoms with E-state index >= 15 is 0 Å². The normalized spacial score (nSPS) is 12.1. The number of H-pyrrole nitrogens is 1. The number of rotatable bonds is 1. The fraction of sp³-hybridized carbons (Fsp3) is 0.273. The highest BCUT2D eigenvalue weighted by atomic mass is 35.5. The van der Waals surface area contributed by atoms with Crippen LogP contribution in [0.3, 0.4) is 0 Å². The van der Waals surface area contributed by atoms with Gasteiger partial charge in [0.2, 0.25) is 0 Å². The molecule has 1 aromatic heterocycles. The third kappa shape index (κ3) is 4.12. The van der Waals surface area contributed by atoms with Gasteiger partial charge in [-0.1, -0.05) is 18.5 Å².